The fraction of sp³-hybridized carbons (Fsp3) is 0.444. The van der Waals surface area contributed by atoms with Crippen molar-refractivity contribution in [1.29, 1.82) is 0 Å². The molecule has 122 valence electrons. The molecule has 3 N–H and O–H groups in total. The molecule has 0 saturated carbocycles. The highest BCUT2D eigenvalue weighted by Crippen LogP contribution is 2.29. The lowest BCUT2D eigenvalue weighted by Gasteiger charge is -2.18. The van der Waals surface area contributed by atoms with Gasteiger partial charge in [0.05, 0.1) is 5.69 Å². The van der Waals surface area contributed by atoms with Crippen molar-refractivity contribution in [3.05, 3.63) is 46.0 Å². The number of anilines is 1. The van der Waals surface area contributed by atoms with Crippen LogP contribution in [0.2, 0.25) is 0 Å². The maximum Gasteiger partial charge on any atom is 0.257 e. The molecule has 0 spiro atoms. The molecular weight excluding hydrogens is 306 g/mol. The van der Waals surface area contributed by atoms with Crippen LogP contribution in [0.15, 0.2) is 24.3 Å². The summed E-state index contributed by atoms with van der Waals surface area (Å²) in [5.41, 5.74) is 9.04. The zero-order valence-corrected chi connectivity index (χ0v) is 14.7. The van der Waals surface area contributed by atoms with Gasteiger partial charge >= 0.3 is 0 Å². The van der Waals surface area contributed by atoms with Crippen molar-refractivity contribution < 1.29 is 4.79 Å². The number of carbonyl (C=O) groups is 1. The maximum atomic E-state index is 12.4. The van der Waals surface area contributed by atoms with Gasteiger partial charge in [0.2, 0.25) is 0 Å². The highest BCUT2D eigenvalue weighted by molar-refractivity contribution is 7.15. The molecule has 0 aliphatic heterocycles. The third kappa shape index (κ3) is 3.62. The van der Waals surface area contributed by atoms with E-state index in [1.54, 1.807) is 11.3 Å². The van der Waals surface area contributed by atoms with Crippen LogP contribution in [-0.4, -0.2) is 16.9 Å². The van der Waals surface area contributed by atoms with Crippen molar-refractivity contribution in [2.24, 2.45) is 5.73 Å². The van der Waals surface area contributed by atoms with Crippen molar-refractivity contribution in [3.8, 4) is 0 Å². The number of nitrogens with zero attached hydrogens (tertiary/aromatic N) is 1. The molecule has 1 aliphatic carbocycles. The first-order chi connectivity index (χ1) is 10.8. The second kappa shape index (κ2) is 6.06. The quantitative estimate of drug-likeness (QED) is 0.886. The molecule has 0 saturated heterocycles. The van der Waals surface area contributed by atoms with Crippen LogP contribution in [-0.2, 0) is 18.3 Å². The number of carbonyl (C=O) groups excluding carboxylic acids is 1. The molecule has 1 aromatic heterocycles. The first-order valence-corrected chi connectivity index (χ1v) is 8.80. The SMILES string of the molecule is CC(C)(C)c1ccc(C(=O)Nc2nc3c(s2)C[C@@H](N)CC3)cc1. The normalized spacial score (nSPS) is 17.7. The highest BCUT2D eigenvalue weighted by Gasteiger charge is 2.21. The number of aryl methyl sites for hydroxylation is 1. The number of aromatic nitrogens is 1. The number of benzene rings is 1. The Kier molecular flexibility index (Phi) is 4.25. The molecule has 2 aromatic rings. The molecular formula is C18H23N3OS. The lowest BCUT2D eigenvalue weighted by atomic mass is 9.87. The Bertz CT molecular complexity index is 713. The first-order valence-electron chi connectivity index (χ1n) is 7.99. The summed E-state index contributed by atoms with van der Waals surface area (Å²) in [5.74, 6) is -0.110. The predicted octanol–water partition coefficient (Wildman–Crippen LogP) is 3.51. The maximum absolute atomic E-state index is 12.4. The first kappa shape index (κ1) is 16.1. The highest BCUT2D eigenvalue weighted by atomic mass is 32.1. The summed E-state index contributed by atoms with van der Waals surface area (Å²) < 4.78 is 0. The second-order valence-corrected chi connectivity index (χ2v) is 8.26. The minimum absolute atomic E-state index is 0.0854. The average Bonchev–Trinajstić information content (AvgIpc) is 2.87. The third-order valence-corrected chi connectivity index (χ3v) is 5.25. The molecule has 0 radical (unpaired) electrons. The van der Waals surface area contributed by atoms with Crippen LogP contribution >= 0.6 is 11.3 Å². The van der Waals surface area contributed by atoms with Gasteiger partial charge in [-0.15, -0.1) is 11.3 Å². The summed E-state index contributed by atoms with van der Waals surface area (Å²) in [6, 6.07) is 8.00. The average molecular weight is 329 g/mol. The molecule has 1 atom stereocenters. The van der Waals surface area contributed by atoms with E-state index in [9.17, 15) is 4.79 Å². The Morgan fingerprint density at radius 3 is 2.65 bits per heavy atom. The van der Waals surface area contributed by atoms with Crippen molar-refractivity contribution in [3.63, 3.8) is 0 Å². The summed E-state index contributed by atoms with van der Waals surface area (Å²) in [6.45, 7) is 6.48. The van der Waals surface area contributed by atoms with E-state index in [4.69, 9.17) is 5.73 Å². The molecule has 1 amide bonds. The van der Waals surface area contributed by atoms with Gasteiger partial charge in [-0.05, 0) is 42.4 Å². The third-order valence-electron chi connectivity index (χ3n) is 4.21. The Morgan fingerprint density at radius 2 is 2.00 bits per heavy atom. The van der Waals surface area contributed by atoms with Gasteiger partial charge < -0.3 is 5.73 Å². The summed E-state index contributed by atoms with van der Waals surface area (Å²) in [5, 5.41) is 3.59. The van der Waals surface area contributed by atoms with E-state index in [1.807, 2.05) is 24.3 Å². The molecule has 1 heterocycles. The van der Waals surface area contributed by atoms with Crippen LogP contribution < -0.4 is 11.1 Å². The fourth-order valence-corrected chi connectivity index (χ4v) is 3.84. The Labute approximate surface area is 141 Å². The zero-order valence-electron chi connectivity index (χ0n) is 13.8. The van der Waals surface area contributed by atoms with Gasteiger partial charge in [0.15, 0.2) is 5.13 Å². The zero-order chi connectivity index (χ0) is 16.6. The molecule has 0 unspecified atom stereocenters. The number of nitrogens with one attached hydrogen (secondary N) is 1. The number of thiazole rings is 1. The van der Waals surface area contributed by atoms with Crippen LogP contribution in [0.3, 0.4) is 0 Å². The fourth-order valence-electron chi connectivity index (χ4n) is 2.74. The summed E-state index contributed by atoms with van der Waals surface area (Å²) in [7, 11) is 0. The molecule has 23 heavy (non-hydrogen) atoms. The van der Waals surface area contributed by atoms with Gasteiger partial charge in [-0.3, -0.25) is 10.1 Å². The van der Waals surface area contributed by atoms with Gasteiger partial charge in [0.25, 0.3) is 5.91 Å². The van der Waals surface area contributed by atoms with E-state index in [0.717, 1.165) is 25.0 Å². The summed E-state index contributed by atoms with van der Waals surface area (Å²) in [6.07, 6.45) is 2.74. The van der Waals surface area contributed by atoms with Gasteiger partial charge in [-0.1, -0.05) is 32.9 Å². The van der Waals surface area contributed by atoms with E-state index in [-0.39, 0.29) is 17.4 Å². The predicted molar refractivity (Wildman–Crippen MR) is 95.2 cm³/mol. The standard InChI is InChI=1S/C18H23N3OS/c1-18(2,3)12-6-4-11(5-7-12)16(22)21-17-20-14-9-8-13(19)10-15(14)23-17/h4-7,13H,8-10,19H2,1-3H3,(H,20,21,22)/t13-/m0/s1. The van der Waals surface area contributed by atoms with E-state index in [1.165, 1.54) is 10.4 Å². The molecule has 5 heteroatoms. The lowest BCUT2D eigenvalue weighted by molar-refractivity contribution is 0.102. The Hall–Kier alpha value is -1.72. The molecule has 1 aliphatic rings. The van der Waals surface area contributed by atoms with Gasteiger partial charge in [-0.2, -0.15) is 0 Å². The number of fused-ring (bicyclic) bond motifs is 1. The monoisotopic (exact) mass is 329 g/mol. The van der Waals surface area contributed by atoms with Crippen molar-refractivity contribution in [1.82, 2.24) is 4.98 Å². The smallest absolute Gasteiger partial charge is 0.257 e. The van der Waals surface area contributed by atoms with Crippen LogP contribution in [0.1, 0.15) is 53.7 Å². The minimum atomic E-state index is -0.110. The summed E-state index contributed by atoms with van der Waals surface area (Å²) >= 11 is 1.55. The van der Waals surface area contributed by atoms with E-state index >= 15 is 0 Å². The minimum Gasteiger partial charge on any atom is -0.327 e. The number of hydrogen-bond donors (Lipinski definition) is 2. The Balaban J connectivity index is 1.72. The van der Waals surface area contributed by atoms with Gasteiger partial charge in [0, 0.05) is 16.5 Å². The largest absolute Gasteiger partial charge is 0.327 e. The lowest BCUT2D eigenvalue weighted by Crippen LogP contribution is -2.27. The van der Waals surface area contributed by atoms with Crippen LogP contribution in [0, 0.1) is 0 Å². The molecule has 0 fully saturated rings. The van der Waals surface area contributed by atoms with Crippen molar-refractivity contribution >= 4 is 22.4 Å². The van der Waals surface area contributed by atoms with Crippen molar-refractivity contribution in [2.75, 3.05) is 5.32 Å². The molecule has 3 rings (SSSR count). The topological polar surface area (TPSA) is 68.0 Å². The Morgan fingerprint density at radius 1 is 1.30 bits per heavy atom. The van der Waals surface area contributed by atoms with Crippen LogP contribution in [0.5, 0.6) is 0 Å². The van der Waals surface area contributed by atoms with Gasteiger partial charge in [-0.25, -0.2) is 4.98 Å². The number of nitrogens with two attached hydrogens (primary N) is 1. The van der Waals surface area contributed by atoms with E-state index in [2.05, 4.69) is 31.1 Å². The van der Waals surface area contributed by atoms with E-state index < -0.39 is 0 Å². The molecule has 0 bridgehead atoms. The van der Waals surface area contributed by atoms with Crippen LogP contribution in [0.4, 0.5) is 5.13 Å². The van der Waals surface area contributed by atoms with Gasteiger partial charge in [0.1, 0.15) is 0 Å². The van der Waals surface area contributed by atoms with Crippen LogP contribution in [0.25, 0.3) is 0 Å². The number of rotatable bonds is 2. The van der Waals surface area contributed by atoms with E-state index in [0.29, 0.717) is 10.7 Å². The second-order valence-electron chi connectivity index (χ2n) is 7.17. The number of hydrogen-bond acceptors (Lipinski definition) is 4. The van der Waals surface area contributed by atoms with Crippen molar-refractivity contribution in [2.45, 2.75) is 51.5 Å². The molecule has 1 aromatic carbocycles. The number of amides is 1. The molecule has 4 nitrogen and oxygen atoms in total. The summed E-state index contributed by atoms with van der Waals surface area (Å²) in [4.78, 5) is 18.1.